The maximum absolute atomic E-state index is 13.5. The zero-order chi connectivity index (χ0) is 12.1. The van der Waals surface area contributed by atoms with Gasteiger partial charge in [0.25, 0.3) is 0 Å². The van der Waals surface area contributed by atoms with Crippen LogP contribution >= 0.6 is 11.8 Å². The maximum Gasteiger partial charge on any atom is 0.127 e. The highest BCUT2D eigenvalue weighted by molar-refractivity contribution is 7.98. The highest BCUT2D eigenvalue weighted by Crippen LogP contribution is 2.22. The third kappa shape index (κ3) is 3.45. The van der Waals surface area contributed by atoms with Crippen LogP contribution in [0.5, 0.6) is 0 Å². The van der Waals surface area contributed by atoms with Gasteiger partial charge in [0.1, 0.15) is 5.82 Å². The molecule has 1 aliphatic heterocycles. The van der Waals surface area contributed by atoms with E-state index in [0.717, 1.165) is 25.2 Å². The molecule has 90 valence electrons. The molecule has 0 bridgehead atoms. The Morgan fingerprint density at radius 1 is 1.53 bits per heavy atom. The van der Waals surface area contributed by atoms with E-state index in [2.05, 4.69) is 0 Å². The monoisotopic (exact) mass is 251 g/mol. The van der Waals surface area contributed by atoms with Crippen LogP contribution in [0.4, 0.5) is 4.39 Å². The van der Waals surface area contributed by atoms with Gasteiger partial charge in [0.05, 0.1) is 17.7 Å². The summed E-state index contributed by atoms with van der Waals surface area (Å²) in [5.41, 5.74) is 1.12. The first-order valence-corrected chi connectivity index (χ1v) is 6.83. The number of thioether (sulfide) groups is 1. The summed E-state index contributed by atoms with van der Waals surface area (Å²) in [7, 11) is 0. The maximum atomic E-state index is 13.5. The third-order valence-corrected chi connectivity index (χ3v) is 3.88. The van der Waals surface area contributed by atoms with E-state index in [1.807, 2.05) is 6.07 Å². The minimum Gasteiger partial charge on any atom is -0.377 e. The predicted molar refractivity (Wildman–Crippen MR) is 66.3 cm³/mol. The van der Waals surface area contributed by atoms with Gasteiger partial charge in [-0.2, -0.15) is 17.0 Å². The molecule has 1 heterocycles. The molecule has 1 fully saturated rings. The molecular weight excluding hydrogens is 237 g/mol. The topological polar surface area (TPSA) is 33.0 Å². The summed E-state index contributed by atoms with van der Waals surface area (Å²) in [5.74, 6) is 1.26. The van der Waals surface area contributed by atoms with Crippen LogP contribution in [0.2, 0.25) is 0 Å². The second-order valence-corrected chi connectivity index (χ2v) is 5.10. The van der Waals surface area contributed by atoms with Gasteiger partial charge in [0.15, 0.2) is 0 Å². The molecule has 0 spiro atoms. The number of hydrogen-bond donors (Lipinski definition) is 0. The number of halogens is 1. The van der Waals surface area contributed by atoms with Crippen molar-refractivity contribution in [2.24, 2.45) is 0 Å². The molecule has 0 N–H and O–H groups in total. The van der Waals surface area contributed by atoms with E-state index in [9.17, 15) is 4.39 Å². The van der Waals surface area contributed by atoms with Crippen molar-refractivity contribution in [3.05, 3.63) is 35.1 Å². The second kappa shape index (κ2) is 6.04. The van der Waals surface area contributed by atoms with Crippen molar-refractivity contribution < 1.29 is 9.13 Å². The van der Waals surface area contributed by atoms with Crippen molar-refractivity contribution in [2.75, 3.05) is 12.4 Å². The Bertz CT molecular complexity index is 424. The van der Waals surface area contributed by atoms with E-state index in [0.29, 0.717) is 23.0 Å². The van der Waals surface area contributed by atoms with E-state index in [1.165, 1.54) is 12.1 Å². The van der Waals surface area contributed by atoms with Gasteiger partial charge in [-0.25, -0.2) is 4.39 Å². The van der Waals surface area contributed by atoms with Gasteiger partial charge in [0.2, 0.25) is 0 Å². The SMILES string of the molecule is N#Cc1ccc(F)c(CSC[C@@H]2CCCO2)c1. The molecule has 0 radical (unpaired) electrons. The summed E-state index contributed by atoms with van der Waals surface area (Å²) in [6.45, 7) is 0.851. The van der Waals surface area contributed by atoms with Crippen LogP contribution in [0.25, 0.3) is 0 Å². The zero-order valence-corrected chi connectivity index (χ0v) is 10.3. The number of nitriles is 1. The lowest BCUT2D eigenvalue weighted by molar-refractivity contribution is 0.129. The predicted octanol–water partition coefficient (Wildman–Crippen LogP) is 3.11. The Labute approximate surface area is 105 Å². The molecule has 1 aromatic carbocycles. The lowest BCUT2D eigenvalue weighted by Gasteiger charge is -2.09. The molecule has 1 saturated heterocycles. The van der Waals surface area contributed by atoms with E-state index in [-0.39, 0.29) is 5.82 Å². The molecule has 0 unspecified atom stereocenters. The van der Waals surface area contributed by atoms with Crippen molar-refractivity contribution in [1.29, 1.82) is 5.26 Å². The van der Waals surface area contributed by atoms with Crippen molar-refractivity contribution >= 4 is 11.8 Å². The van der Waals surface area contributed by atoms with Gasteiger partial charge in [-0.05, 0) is 36.6 Å². The van der Waals surface area contributed by atoms with Gasteiger partial charge in [-0.1, -0.05) is 0 Å². The van der Waals surface area contributed by atoms with Gasteiger partial charge < -0.3 is 4.74 Å². The Morgan fingerprint density at radius 2 is 2.41 bits per heavy atom. The summed E-state index contributed by atoms with van der Waals surface area (Å²) >= 11 is 1.66. The highest BCUT2D eigenvalue weighted by Gasteiger charge is 2.15. The minimum absolute atomic E-state index is 0.233. The summed E-state index contributed by atoms with van der Waals surface area (Å²) in [6, 6.07) is 6.51. The number of benzene rings is 1. The first kappa shape index (κ1) is 12.4. The number of nitrogens with zero attached hydrogens (tertiary/aromatic N) is 1. The molecule has 0 aliphatic carbocycles. The second-order valence-electron chi connectivity index (χ2n) is 4.07. The number of ether oxygens (including phenoxy) is 1. The Morgan fingerprint density at radius 3 is 3.12 bits per heavy atom. The van der Waals surface area contributed by atoms with Gasteiger partial charge >= 0.3 is 0 Å². The average molecular weight is 251 g/mol. The number of rotatable bonds is 4. The summed E-state index contributed by atoms with van der Waals surface area (Å²) in [6.07, 6.45) is 2.55. The Kier molecular flexibility index (Phi) is 4.41. The summed E-state index contributed by atoms with van der Waals surface area (Å²) in [4.78, 5) is 0. The van der Waals surface area contributed by atoms with E-state index < -0.39 is 0 Å². The Balaban J connectivity index is 1.87. The Hall–Kier alpha value is -1.05. The lowest BCUT2D eigenvalue weighted by Crippen LogP contribution is -2.08. The first-order chi connectivity index (χ1) is 8.29. The molecule has 2 nitrogen and oxygen atoms in total. The van der Waals surface area contributed by atoms with Crippen LogP contribution in [0.3, 0.4) is 0 Å². The fourth-order valence-corrected chi connectivity index (χ4v) is 2.92. The standard InChI is InChI=1S/C13H14FNOS/c14-13-4-3-10(7-15)6-11(13)8-17-9-12-2-1-5-16-12/h3-4,6,12H,1-2,5,8-9H2/t12-/m0/s1. The number of hydrogen-bond acceptors (Lipinski definition) is 3. The fraction of sp³-hybridized carbons (Fsp3) is 0.462. The quantitative estimate of drug-likeness (QED) is 0.824. The summed E-state index contributed by atoms with van der Waals surface area (Å²) < 4.78 is 19.0. The largest absolute Gasteiger partial charge is 0.377 e. The van der Waals surface area contributed by atoms with Crippen molar-refractivity contribution in [2.45, 2.75) is 24.7 Å². The van der Waals surface area contributed by atoms with E-state index in [4.69, 9.17) is 10.00 Å². The molecule has 1 atom stereocenters. The van der Waals surface area contributed by atoms with Gasteiger partial charge in [-0.3, -0.25) is 0 Å². The van der Waals surface area contributed by atoms with Crippen LogP contribution in [-0.2, 0) is 10.5 Å². The molecule has 0 amide bonds. The smallest absolute Gasteiger partial charge is 0.127 e. The highest BCUT2D eigenvalue weighted by atomic mass is 32.2. The molecule has 0 saturated carbocycles. The fourth-order valence-electron chi connectivity index (χ4n) is 1.83. The molecule has 17 heavy (non-hydrogen) atoms. The van der Waals surface area contributed by atoms with Gasteiger partial charge in [0, 0.05) is 18.1 Å². The van der Waals surface area contributed by atoms with Crippen LogP contribution in [-0.4, -0.2) is 18.5 Å². The third-order valence-electron chi connectivity index (χ3n) is 2.76. The van der Waals surface area contributed by atoms with Gasteiger partial charge in [-0.15, -0.1) is 0 Å². The average Bonchev–Trinajstić information content (AvgIpc) is 2.84. The zero-order valence-electron chi connectivity index (χ0n) is 9.49. The van der Waals surface area contributed by atoms with Crippen molar-refractivity contribution in [3.63, 3.8) is 0 Å². The molecule has 4 heteroatoms. The molecule has 1 aliphatic rings. The van der Waals surface area contributed by atoms with Crippen LogP contribution in [0.15, 0.2) is 18.2 Å². The van der Waals surface area contributed by atoms with Crippen LogP contribution in [0.1, 0.15) is 24.0 Å². The van der Waals surface area contributed by atoms with E-state index in [1.54, 1.807) is 17.8 Å². The van der Waals surface area contributed by atoms with Crippen molar-refractivity contribution in [1.82, 2.24) is 0 Å². The van der Waals surface area contributed by atoms with E-state index >= 15 is 0 Å². The normalized spacial score (nSPS) is 19.2. The molecular formula is C13H14FNOS. The van der Waals surface area contributed by atoms with Crippen LogP contribution < -0.4 is 0 Å². The molecule has 0 aromatic heterocycles. The first-order valence-electron chi connectivity index (χ1n) is 5.67. The molecule has 2 rings (SSSR count). The lowest BCUT2D eigenvalue weighted by atomic mass is 10.1. The molecule has 1 aromatic rings. The van der Waals surface area contributed by atoms with Crippen molar-refractivity contribution in [3.8, 4) is 6.07 Å². The summed E-state index contributed by atoms with van der Waals surface area (Å²) in [5, 5.41) is 8.75. The minimum atomic E-state index is -0.233. The van der Waals surface area contributed by atoms with Crippen LogP contribution in [0, 0.1) is 17.1 Å².